The first-order valence-corrected chi connectivity index (χ1v) is 6.60. The SMILES string of the molecule is O=C(Cn1nc(C(F)F)cc1C(F)F)Nc1ccc([N+](=O)[O-])cc1O. The molecule has 0 saturated carbocycles. The highest BCUT2D eigenvalue weighted by molar-refractivity contribution is 5.92. The van der Waals surface area contributed by atoms with Crippen molar-refractivity contribution in [1.82, 2.24) is 9.78 Å². The van der Waals surface area contributed by atoms with E-state index in [1.807, 2.05) is 0 Å². The van der Waals surface area contributed by atoms with Crippen molar-refractivity contribution in [2.45, 2.75) is 19.4 Å². The van der Waals surface area contributed by atoms with Crippen LogP contribution < -0.4 is 5.32 Å². The Kier molecular flexibility index (Phi) is 5.20. The smallest absolute Gasteiger partial charge is 0.282 e. The van der Waals surface area contributed by atoms with E-state index in [9.17, 15) is 37.6 Å². The summed E-state index contributed by atoms with van der Waals surface area (Å²) in [6.07, 6.45) is -6.21. The van der Waals surface area contributed by atoms with Crippen LogP contribution in [0.5, 0.6) is 5.75 Å². The molecule has 1 aromatic carbocycles. The minimum absolute atomic E-state index is 0.213. The van der Waals surface area contributed by atoms with Crippen molar-refractivity contribution in [3.63, 3.8) is 0 Å². The molecule has 134 valence electrons. The molecule has 0 saturated heterocycles. The summed E-state index contributed by atoms with van der Waals surface area (Å²) in [5.41, 5.74) is -2.40. The Morgan fingerprint density at radius 3 is 2.48 bits per heavy atom. The van der Waals surface area contributed by atoms with Gasteiger partial charge in [-0.15, -0.1) is 0 Å². The zero-order chi connectivity index (χ0) is 18.7. The number of phenolic OH excluding ortho intramolecular Hbond substituents is 1. The number of aromatic nitrogens is 2. The van der Waals surface area contributed by atoms with E-state index in [2.05, 4.69) is 10.4 Å². The van der Waals surface area contributed by atoms with Crippen LogP contribution in [0.4, 0.5) is 28.9 Å². The minimum Gasteiger partial charge on any atom is -0.506 e. The lowest BCUT2D eigenvalue weighted by Gasteiger charge is -2.09. The molecule has 0 aliphatic heterocycles. The number of phenols is 1. The van der Waals surface area contributed by atoms with Crippen LogP contribution >= 0.6 is 0 Å². The lowest BCUT2D eigenvalue weighted by Crippen LogP contribution is -2.21. The normalized spacial score (nSPS) is 11.1. The number of hydrogen-bond donors (Lipinski definition) is 2. The Balaban J connectivity index is 2.16. The summed E-state index contributed by atoms with van der Waals surface area (Å²) in [4.78, 5) is 21.6. The molecular weight excluding hydrogens is 352 g/mol. The summed E-state index contributed by atoms with van der Waals surface area (Å²) in [5, 5.41) is 25.5. The van der Waals surface area contributed by atoms with Gasteiger partial charge in [-0.1, -0.05) is 0 Å². The standard InChI is InChI=1S/C13H10F4N4O4/c14-12(15)8-4-9(13(16)17)20(19-8)5-11(23)18-7-2-1-6(21(24)25)3-10(7)22/h1-4,12-13,22H,5H2,(H,18,23). The number of nitro benzene ring substituents is 1. The van der Waals surface area contributed by atoms with Crippen LogP contribution in [0.1, 0.15) is 24.2 Å². The molecule has 1 heterocycles. The van der Waals surface area contributed by atoms with Crippen molar-refractivity contribution in [2.75, 3.05) is 5.32 Å². The number of non-ortho nitro benzene ring substituents is 1. The molecule has 2 aromatic rings. The van der Waals surface area contributed by atoms with Crippen molar-refractivity contribution in [3.05, 3.63) is 45.8 Å². The van der Waals surface area contributed by atoms with E-state index in [1.54, 1.807) is 0 Å². The van der Waals surface area contributed by atoms with Crippen LogP contribution in [-0.4, -0.2) is 25.7 Å². The van der Waals surface area contributed by atoms with Gasteiger partial charge < -0.3 is 10.4 Å². The van der Waals surface area contributed by atoms with E-state index in [0.29, 0.717) is 10.7 Å². The summed E-state index contributed by atoms with van der Waals surface area (Å²) in [6, 6.07) is 3.31. The van der Waals surface area contributed by atoms with Gasteiger partial charge in [0.05, 0.1) is 16.7 Å². The number of carbonyl (C=O) groups is 1. The fourth-order valence-corrected chi connectivity index (χ4v) is 1.93. The second-order valence-electron chi connectivity index (χ2n) is 4.76. The van der Waals surface area contributed by atoms with Crippen LogP contribution in [0.3, 0.4) is 0 Å². The molecule has 2 rings (SSSR count). The molecule has 2 N–H and O–H groups in total. The van der Waals surface area contributed by atoms with E-state index in [1.165, 1.54) is 0 Å². The van der Waals surface area contributed by atoms with Crippen LogP contribution in [-0.2, 0) is 11.3 Å². The van der Waals surface area contributed by atoms with Gasteiger partial charge >= 0.3 is 0 Å². The molecule has 0 radical (unpaired) electrons. The van der Waals surface area contributed by atoms with Gasteiger partial charge in [-0.3, -0.25) is 19.6 Å². The highest BCUT2D eigenvalue weighted by Gasteiger charge is 2.22. The molecule has 8 nitrogen and oxygen atoms in total. The van der Waals surface area contributed by atoms with Crippen molar-refractivity contribution in [2.24, 2.45) is 0 Å². The van der Waals surface area contributed by atoms with Gasteiger partial charge in [-0.2, -0.15) is 5.10 Å². The maximum Gasteiger partial charge on any atom is 0.282 e. The number of anilines is 1. The minimum atomic E-state index is -3.12. The maximum atomic E-state index is 12.8. The Hall–Kier alpha value is -3.18. The fraction of sp³-hybridized carbons (Fsp3) is 0.231. The predicted molar refractivity (Wildman–Crippen MR) is 75.5 cm³/mol. The van der Waals surface area contributed by atoms with Gasteiger partial charge in [0, 0.05) is 6.07 Å². The van der Waals surface area contributed by atoms with Gasteiger partial charge in [0.1, 0.15) is 23.7 Å². The molecule has 0 atom stereocenters. The number of rotatable bonds is 6. The average Bonchev–Trinajstić information content (AvgIpc) is 2.93. The van der Waals surface area contributed by atoms with Gasteiger partial charge in [-0.25, -0.2) is 17.6 Å². The molecule has 0 aliphatic carbocycles. The predicted octanol–water partition coefficient (Wildman–Crippen LogP) is 3.01. The fourth-order valence-electron chi connectivity index (χ4n) is 1.93. The highest BCUT2D eigenvalue weighted by atomic mass is 19.3. The van der Waals surface area contributed by atoms with E-state index in [0.717, 1.165) is 18.2 Å². The van der Waals surface area contributed by atoms with Crippen molar-refractivity contribution >= 4 is 17.3 Å². The molecular formula is C13H10F4N4O4. The molecule has 0 spiro atoms. The maximum absolute atomic E-state index is 12.8. The Labute approximate surface area is 136 Å². The van der Waals surface area contributed by atoms with Crippen LogP contribution in [0, 0.1) is 10.1 Å². The Morgan fingerprint density at radius 1 is 1.28 bits per heavy atom. The van der Waals surface area contributed by atoms with E-state index >= 15 is 0 Å². The second-order valence-corrected chi connectivity index (χ2v) is 4.76. The van der Waals surface area contributed by atoms with Crippen molar-refractivity contribution < 1.29 is 32.4 Å². The van der Waals surface area contributed by atoms with E-state index in [4.69, 9.17) is 0 Å². The highest BCUT2D eigenvalue weighted by Crippen LogP contribution is 2.28. The van der Waals surface area contributed by atoms with E-state index < -0.39 is 53.1 Å². The second kappa shape index (κ2) is 7.15. The molecule has 1 aromatic heterocycles. The first kappa shape index (κ1) is 18.2. The average molecular weight is 362 g/mol. The zero-order valence-corrected chi connectivity index (χ0v) is 12.2. The van der Waals surface area contributed by atoms with Crippen molar-refractivity contribution in [1.29, 1.82) is 0 Å². The number of halogens is 4. The van der Waals surface area contributed by atoms with Crippen molar-refractivity contribution in [3.8, 4) is 5.75 Å². The molecule has 25 heavy (non-hydrogen) atoms. The third-order valence-corrected chi connectivity index (χ3v) is 3.04. The zero-order valence-electron chi connectivity index (χ0n) is 12.2. The quantitative estimate of drug-likeness (QED) is 0.355. The van der Waals surface area contributed by atoms with Crippen LogP contribution in [0.2, 0.25) is 0 Å². The van der Waals surface area contributed by atoms with Gasteiger partial charge in [0.15, 0.2) is 0 Å². The lowest BCUT2D eigenvalue weighted by atomic mass is 10.2. The largest absolute Gasteiger partial charge is 0.506 e. The molecule has 0 fully saturated rings. The monoisotopic (exact) mass is 362 g/mol. The van der Waals surface area contributed by atoms with Gasteiger partial charge in [0.2, 0.25) is 5.91 Å². The number of hydrogen-bond acceptors (Lipinski definition) is 5. The number of nitrogens with one attached hydrogen (secondary N) is 1. The summed E-state index contributed by atoms with van der Waals surface area (Å²) < 4.78 is 51.2. The molecule has 1 amide bonds. The molecule has 0 bridgehead atoms. The third kappa shape index (κ3) is 4.22. The number of alkyl halides is 4. The Bertz CT molecular complexity index is 809. The van der Waals surface area contributed by atoms with Crippen LogP contribution in [0.15, 0.2) is 24.3 Å². The summed E-state index contributed by atoms with van der Waals surface area (Å²) >= 11 is 0. The summed E-state index contributed by atoms with van der Waals surface area (Å²) in [5.74, 6) is -1.57. The topological polar surface area (TPSA) is 110 Å². The van der Waals surface area contributed by atoms with Gasteiger partial charge in [-0.05, 0) is 12.1 Å². The molecule has 12 heteroatoms. The number of aromatic hydroxyl groups is 1. The lowest BCUT2D eigenvalue weighted by molar-refractivity contribution is -0.384. The van der Waals surface area contributed by atoms with E-state index in [-0.39, 0.29) is 5.69 Å². The number of nitrogens with zero attached hydrogens (tertiary/aromatic N) is 3. The number of carbonyl (C=O) groups excluding carboxylic acids is 1. The number of nitro groups is 1. The van der Waals surface area contributed by atoms with Gasteiger partial charge in [0.25, 0.3) is 18.5 Å². The number of benzene rings is 1. The summed E-state index contributed by atoms with van der Waals surface area (Å²) in [7, 11) is 0. The first-order valence-electron chi connectivity index (χ1n) is 6.60. The Morgan fingerprint density at radius 2 is 1.96 bits per heavy atom. The summed E-state index contributed by atoms with van der Waals surface area (Å²) in [6.45, 7) is -0.817. The molecule has 0 unspecified atom stereocenters. The molecule has 0 aliphatic rings. The third-order valence-electron chi connectivity index (χ3n) is 3.04. The first-order chi connectivity index (χ1) is 11.7. The van der Waals surface area contributed by atoms with Crippen LogP contribution in [0.25, 0.3) is 0 Å². The number of amides is 1.